The summed E-state index contributed by atoms with van der Waals surface area (Å²) < 4.78 is 14.5. The number of aromatic nitrogens is 2. The van der Waals surface area contributed by atoms with Gasteiger partial charge in [0, 0.05) is 16.3 Å². The molecule has 0 bridgehead atoms. The molecule has 0 amide bonds. The molecule has 1 aromatic heterocycles. The summed E-state index contributed by atoms with van der Waals surface area (Å²) in [6, 6.07) is 13.8. The van der Waals surface area contributed by atoms with Gasteiger partial charge in [0.1, 0.15) is 12.0 Å². The van der Waals surface area contributed by atoms with Crippen LogP contribution in [0, 0.1) is 13.1 Å². The number of alkyl halides is 1. The second-order valence-electron chi connectivity index (χ2n) is 7.53. The van der Waals surface area contributed by atoms with Crippen LogP contribution < -0.4 is 0 Å². The van der Waals surface area contributed by atoms with Crippen molar-refractivity contribution in [1.82, 2.24) is 20.0 Å². The highest BCUT2D eigenvalue weighted by molar-refractivity contribution is 8.09. The lowest BCUT2D eigenvalue weighted by atomic mass is 10.2. The highest BCUT2D eigenvalue weighted by Crippen LogP contribution is 2.44. The molecule has 0 spiro atoms. The number of imidazole rings is 1. The van der Waals surface area contributed by atoms with E-state index in [1.54, 1.807) is 11.8 Å². The summed E-state index contributed by atoms with van der Waals surface area (Å²) in [7, 11) is 0. The number of hydrogen-bond donors (Lipinski definition) is 1. The van der Waals surface area contributed by atoms with Crippen LogP contribution in [0.5, 0.6) is 0 Å². The zero-order valence-electron chi connectivity index (χ0n) is 16.2. The minimum absolute atomic E-state index is 0.138. The Bertz CT molecular complexity index is 1080. The zero-order valence-corrected chi connectivity index (χ0v) is 17.8. The van der Waals surface area contributed by atoms with E-state index in [9.17, 15) is 4.39 Å². The molecular weight excluding hydrogens is 407 g/mol. The first-order chi connectivity index (χ1) is 14.0. The van der Waals surface area contributed by atoms with Crippen LogP contribution in [0.4, 0.5) is 4.39 Å². The van der Waals surface area contributed by atoms with Crippen molar-refractivity contribution in [2.45, 2.75) is 37.9 Å². The molecule has 2 aliphatic heterocycles. The molecule has 0 aliphatic carbocycles. The van der Waals surface area contributed by atoms with Gasteiger partial charge in [-0.05, 0) is 37.1 Å². The van der Waals surface area contributed by atoms with E-state index in [2.05, 4.69) is 35.2 Å². The van der Waals surface area contributed by atoms with Crippen molar-refractivity contribution in [3.63, 3.8) is 0 Å². The second-order valence-corrected chi connectivity index (χ2v) is 9.26. The molecular formula is C22H21ClFN4S. The fourth-order valence-electron chi connectivity index (χ4n) is 4.06. The number of hydrogen-bond acceptors (Lipinski definition) is 4. The van der Waals surface area contributed by atoms with Crippen molar-refractivity contribution >= 4 is 39.3 Å². The van der Waals surface area contributed by atoms with Crippen molar-refractivity contribution in [3.05, 3.63) is 70.6 Å². The van der Waals surface area contributed by atoms with E-state index in [4.69, 9.17) is 16.6 Å². The molecule has 29 heavy (non-hydrogen) atoms. The molecule has 4 nitrogen and oxygen atoms in total. The van der Waals surface area contributed by atoms with Gasteiger partial charge >= 0.3 is 0 Å². The number of benzene rings is 2. The number of aromatic amines is 1. The Morgan fingerprint density at radius 1 is 1.24 bits per heavy atom. The minimum atomic E-state index is -0.905. The van der Waals surface area contributed by atoms with Gasteiger partial charge in [-0.2, -0.15) is 0 Å². The summed E-state index contributed by atoms with van der Waals surface area (Å²) in [5, 5.41) is 4.94. The Balaban J connectivity index is 1.50. The Labute approximate surface area is 178 Å². The molecule has 3 heterocycles. The molecule has 1 unspecified atom stereocenters. The monoisotopic (exact) mass is 427 g/mol. The van der Waals surface area contributed by atoms with Gasteiger partial charge in [0.25, 0.3) is 0 Å². The topological polar surface area (TPSA) is 35.2 Å². The fraction of sp³-hybridized carbons (Fsp3) is 0.318. The predicted octanol–water partition coefficient (Wildman–Crippen LogP) is 5.72. The lowest BCUT2D eigenvalue weighted by Crippen LogP contribution is -2.42. The van der Waals surface area contributed by atoms with E-state index in [0.717, 1.165) is 32.9 Å². The van der Waals surface area contributed by atoms with Crippen molar-refractivity contribution in [3.8, 4) is 0 Å². The average Bonchev–Trinajstić information content (AvgIpc) is 3.42. The Kier molecular flexibility index (Phi) is 4.81. The van der Waals surface area contributed by atoms with Crippen LogP contribution in [-0.4, -0.2) is 38.1 Å². The van der Waals surface area contributed by atoms with Gasteiger partial charge in [0.15, 0.2) is 0 Å². The Morgan fingerprint density at radius 3 is 2.83 bits per heavy atom. The molecule has 3 atom stereocenters. The van der Waals surface area contributed by atoms with Crippen molar-refractivity contribution in [2.75, 3.05) is 6.54 Å². The number of fused-ring (bicyclic) bond motifs is 1. The molecule has 2 aliphatic rings. The number of H-pyrrole nitrogens is 1. The highest BCUT2D eigenvalue weighted by Gasteiger charge is 2.41. The average molecular weight is 428 g/mol. The van der Waals surface area contributed by atoms with Crippen molar-refractivity contribution in [1.29, 1.82) is 0 Å². The lowest BCUT2D eigenvalue weighted by Gasteiger charge is -2.34. The maximum atomic E-state index is 14.5. The van der Waals surface area contributed by atoms with Crippen LogP contribution in [0.3, 0.4) is 0 Å². The Hall–Kier alpha value is -2.02. The third-order valence-corrected chi connectivity index (χ3v) is 7.07. The number of nitrogens with one attached hydrogen (secondary N) is 1. The SMILES string of the molecule is Cc1c(Cl)ccc2[nH]c([C@@H]3C[C@H](F)CN3N3[C]=C(c4ccccc4)SC3C)nc12. The van der Waals surface area contributed by atoms with Gasteiger partial charge in [-0.25, -0.2) is 14.4 Å². The molecule has 3 aromatic rings. The van der Waals surface area contributed by atoms with E-state index in [0.29, 0.717) is 18.0 Å². The summed E-state index contributed by atoms with van der Waals surface area (Å²) in [6.45, 7) is 4.42. The number of thioether (sulfide) groups is 1. The third kappa shape index (κ3) is 3.33. The van der Waals surface area contributed by atoms with E-state index in [-0.39, 0.29) is 11.4 Å². The summed E-state index contributed by atoms with van der Waals surface area (Å²) in [6.07, 6.45) is 2.98. The molecule has 0 saturated carbocycles. The number of aryl methyl sites for hydroxylation is 1. The quantitative estimate of drug-likeness (QED) is 0.579. The molecule has 1 radical (unpaired) electrons. The summed E-state index contributed by atoms with van der Waals surface area (Å²) in [4.78, 5) is 9.26. The molecule has 7 heteroatoms. The number of hydrazine groups is 1. The molecule has 149 valence electrons. The summed E-state index contributed by atoms with van der Waals surface area (Å²) >= 11 is 8.00. The van der Waals surface area contributed by atoms with Gasteiger partial charge in [-0.3, -0.25) is 5.01 Å². The van der Waals surface area contributed by atoms with Crippen molar-refractivity contribution < 1.29 is 4.39 Å². The van der Waals surface area contributed by atoms with Crippen LogP contribution in [0.1, 0.15) is 36.3 Å². The normalized spacial score (nSPS) is 25.2. The van der Waals surface area contributed by atoms with E-state index in [1.807, 2.05) is 42.3 Å². The lowest BCUT2D eigenvalue weighted by molar-refractivity contribution is -0.00869. The van der Waals surface area contributed by atoms with Crippen LogP contribution in [0.2, 0.25) is 5.02 Å². The maximum Gasteiger partial charge on any atom is 0.126 e. The van der Waals surface area contributed by atoms with Crippen molar-refractivity contribution in [2.24, 2.45) is 0 Å². The number of rotatable bonds is 3. The van der Waals surface area contributed by atoms with Gasteiger partial charge in [0.05, 0.1) is 35.2 Å². The second kappa shape index (κ2) is 7.35. The van der Waals surface area contributed by atoms with Gasteiger partial charge < -0.3 is 4.98 Å². The fourth-order valence-corrected chi connectivity index (χ4v) is 5.25. The molecule has 1 N–H and O–H groups in total. The highest BCUT2D eigenvalue weighted by atomic mass is 35.5. The number of halogens is 2. The van der Waals surface area contributed by atoms with Gasteiger partial charge in [0.2, 0.25) is 0 Å². The smallest absolute Gasteiger partial charge is 0.126 e. The van der Waals surface area contributed by atoms with E-state index >= 15 is 0 Å². The van der Waals surface area contributed by atoms with E-state index in [1.165, 1.54) is 0 Å². The first-order valence-electron chi connectivity index (χ1n) is 9.71. The summed E-state index contributed by atoms with van der Waals surface area (Å²) in [5.41, 5.74) is 3.85. The first kappa shape index (κ1) is 19.0. The number of nitrogens with zero attached hydrogens (tertiary/aromatic N) is 3. The minimum Gasteiger partial charge on any atom is -0.341 e. The Morgan fingerprint density at radius 2 is 2.03 bits per heavy atom. The van der Waals surface area contributed by atoms with Crippen LogP contribution in [0.25, 0.3) is 15.9 Å². The third-order valence-electron chi connectivity index (χ3n) is 5.56. The standard InChI is InChI=1S/C22H21ClFN4S/c1-13-17(23)8-9-18-21(13)26-22(25-18)19-10-16(24)11-28(19)27-12-20(29-14(27)2)15-6-4-3-5-7-15/h3-9,14,16,19H,10-11H2,1-2H3,(H,25,26)/t14?,16-,19-/m0/s1. The summed E-state index contributed by atoms with van der Waals surface area (Å²) in [5.74, 6) is 0.776. The molecule has 1 fully saturated rings. The zero-order chi connectivity index (χ0) is 20.1. The van der Waals surface area contributed by atoms with Crippen LogP contribution >= 0.6 is 23.4 Å². The molecule has 1 saturated heterocycles. The maximum absolute atomic E-state index is 14.5. The van der Waals surface area contributed by atoms with Crippen LogP contribution in [0.15, 0.2) is 42.5 Å². The van der Waals surface area contributed by atoms with E-state index < -0.39 is 6.17 Å². The molecule has 2 aromatic carbocycles. The molecule has 5 rings (SSSR count). The predicted molar refractivity (Wildman–Crippen MR) is 117 cm³/mol. The van der Waals surface area contributed by atoms with Crippen LogP contribution in [-0.2, 0) is 0 Å². The first-order valence-corrected chi connectivity index (χ1v) is 11.0. The largest absolute Gasteiger partial charge is 0.341 e. The van der Waals surface area contributed by atoms with Gasteiger partial charge in [-0.1, -0.05) is 53.7 Å². The van der Waals surface area contributed by atoms with Gasteiger partial charge in [-0.15, -0.1) is 0 Å².